The molecule has 0 aliphatic rings. The Bertz CT molecular complexity index is 986. The average Bonchev–Trinajstić information content (AvgIpc) is 2.73. The number of aromatic nitrogens is 1. The first-order chi connectivity index (χ1) is 14.0. The summed E-state index contributed by atoms with van der Waals surface area (Å²) in [6.07, 6.45) is 3.51. The van der Waals surface area contributed by atoms with Crippen LogP contribution in [-0.2, 0) is 6.42 Å². The van der Waals surface area contributed by atoms with E-state index in [0.29, 0.717) is 29.9 Å². The van der Waals surface area contributed by atoms with E-state index in [9.17, 15) is 9.18 Å². The molecule has 0 radical (unpaired) electrons. The minimum Gasteiger partial charge on any atom is -0.383 e. The topological polar surface area (TPSA) is 59.2 Å². The number of carbonyl (C=O) groups excluding carboxylic acids is 1. The van der Waals surface area contributed by atoms with E-state index < -0.39 is 0 Å². The zero-order valence-corrected chi connectivity index (χ0v) is 16.9. The van der Waals surface area contributed by atoms with E-state index in [1.165, 1.54) is 0 Å². The molecule has 150 valence electrons. The van der Waals surface area contributed by atoms with Gasteiger partial charge in [0, 0.05) is 31.8 Å². The molecular formula is C24H26FN3O. The molecule has 0 saturated carbocycles. The van der Waals surface area contributed by atoms with Crippen LogP contribution in [0.2, 0.25) is 0 Å². The number of aryl methyl sites for hydroxylation is 1. The zero-order chi connectivity index (χ0) is 20.8. The van der Waals surface area contributed by atoms with Crippen LogP contribution in [0.4, 0.5) is 15.9 Å². The summed E-state index contributed by atoms with van der Waals surface area (Å²) >= 11 is 0. The van der Waals surface area contributed by atoms with Crippen LogP contribution in [-0.4, -0.2) is 24.4 Å². The Morgan fingerprint density at radius 2 is 1.83 bits per heavy atom. The maximum atomic E-state index is 14.5. The molecule has 0 fully saturated rings. The average molecular weight is 391 g/mol. The van der Waals surface area contributed by atoms with Crippen molar-refractivity contribution in [2.45, 2.75) is 26.2 Å². The van der Waals surface area contributed by atoms with Gasteiger partial charge in [0.15, 0.2) is 5.78 Å². The first-order valence-electron chi connectivity index (χ1n) is 9.83. The Labute approximate surface area is 171 Å². The molecule has 29 heavy (non-hydrogen) atoms. The Morgan fingerprint density at radius 3 is 2.48 bits per heavy atom. The Balaban J connectivity index is 1.69. The van der Waals surface area contributed by atoms with Crippen molar-refractivity contribution in [1.82, 2.24) is 4.98 Å². The fraction of sp³-hybridized carbons (Fsp3) is 0.250. The molecule has 0 aliphatic heterocycles. The van der Waals surface area contributed by atoms with E-state index in [4.69, 9.17) is 5.73 Å². The SMILES string of the molecule is CCCN(C)c1ccc(-c2ccc(C(=O)CCc3cccnc3N)cc2)cc1F. The number of hydrogen-bond donors (Lipinski definition) is 1. The van der Waals surface area contributed by atoms with Crippen LogP contribution in [0.1, 0.15) is 35.7 Å². The molecule has 3 aromatic rings. The summed E-state index contributed by atoms with van der Waals surface area (Å²) in [6.45, 7) is 2.87. The third-order valence-corrected chi connectivity index (χ3v) is 5.01. The fourth-order valence-electron chi connectivity index (χ4n) is 3.36. The van der Waals surface area contributed by atoms with Crippen molar-refractivity contribution < 1.29 is 9.18 Å². The minimum atomic E-state index is -0.243. The highest BCUT2D eigenvalue weighted by atomic mass is 19.1. The van der Waals surface area contributed by atoms with Gasteiger partial charge in [0.1, 0.15) is 11.6 Å². The smallest absolute Gasteiger partial charge is 0.163 e. The van der Waals surface area contributed by atoms with Gasteiger partial charge in [-0.1, -0.05) is 43.3 Å². The molecule has 3 rings (SSSR count). The number of nitrogen functional groups attached to an aromatic ring is 1. The maximum Gasteiger partial charge on any atom is 0.163 e. The number of hydrogen-bond acceptors (Lipinski definition) is 4. The lowest BCUT2D eigenvalue weighted by molar-refractivity contribution is 0.0983. The van der Waals surface area contributed by atoms with E-state index in [-0.39, 0.29) is 11.6 Å². The molecule has 0 amide bonds. The largest absolute Gasteiger partial charge is 0.383 e. The molecule has 1 aromatic heterocycles. The summed E-state index contributed by atoms with van der Waals surface area (Å²) in [4.78, 5) is 18.4. The monoisotopic (exact) mass is 391 g/mol. The molecule has 2 N–H and O–H groups in total. The van der Waals surface area contributed by atoms with Gasteiger partial charge < -0.3 is 10.6 Å². The van der Waals surface area contributed by atoms with Crippen LogP contribution in [0, 0.1) is 5.82 Å². The lowest BCUT2D eigenvalue weighted by Crippen LogP contribution is -2.18. The van der Waals surface area contributed by atoms with E-state index >= 15 is 0 Å². The standard InChI is InChI=1S/C24H26FN3O/c1-3-15-28(2)22-12-10-20(16-21(22)25)17-6-8-18(9-7-17)23(29)13-11-19-5-4-14-27-24(19)26/h4-10,12,14,16H,3,11,13,15H2,1-2H3,(H2,26,27). The van der Waals surface area contributed by atoms with Crippen molar-refractivity contribution in [3.05, 3.63) is 77.7 Å². The number of nitrogens with two attached hydrogens (primary N) is 1. The second-order valence-corrected chi connectivity index (χ2v) is 7.14. The number of nitrogens with zero attached hydrogens (tertiary/aromatic N) is 2. The van der Waals surface area contributed by atoms with Gasteiger partial charge in [-0.2, -0.15) is 0 Å². The predicted octanol–water partition coefficient (Wildman–Crippen LogP) is 5.13. The van der Waals surface area contributed by atoms with E-state index in [2.05, 4.69) is 11.9 Å². The molecule has 0 spiro atoms. The second kappa shape index (κ2) is 9.32. The Morgan fingerprint density at radius 1 is 1.10 bits per heavy atom. The lowest BCUT2D eigenvalue weighted by atomic mass is 9.99. The van der Waals surface area contributed by atoms with Gasteiger partial charge in [-0.05, 0) is 47.7 Å². The number of ketones is 1. The predicted molar refractivity (Wildman–Crippen MR) is 117 cm³/mol. The molecular weight excluding hydrogens is 365 g/mol. The number of rotatable bonds is 8. The first kappa shape index (κ1) is 20.5. The quantitative estimate of drug-likeness (QED) is 0.541. The van der Waals surface area contributed by atoms with Crippen molar-refractivity contribution in [3.8, 4) is 11.1 Å². The highest BCUT2D eigenvalue weighted by Crippen LogP contribution is 2.27. The van der Waals surface area contributed by atoms with Crippen molar-refractivity contribution in [2.75, 3.05) is 24.2 Å². The molecule has 2 aromatic carbocycles. The highest BCUT2D eigenvalue weighted by Gasteiger charge is 2.11. The number of benzene rings is 2. The number of pyridine rings is 1. The molecule has 0 atom stereocenters. The number of halogens is 1. The summed E-state index contributed by atoms with van der Waals surface area (Å²) in [5, 5.41) is 0. The summed E-state index contributed by atoms with van der Waals surface area (Å²) in [5.74, 6) is 0.265. The normalized spacial score (nSPS) is 10.7. The van der Waals surface area contributed by atoms with Crippen LogP contribution in [0.5, 0.6) is 0 Å². The number of Topliss-reactive ketones (excluding diaryl/α,β-unsaturated/α-hetero) is 1. The summed E-state index contributed by atoms with van der Waals surface area (Å²) in [6, 6.07) is 16.3. The molecule has 5 heteroatoms. The van der Waals surface area contributed by atoms with Crippen molar-refractivity contribution in [1.29, 1.82) is 0 Å². The van der Waals surface area contributed by atoms with Crippen molar-refractivity contribution in [2.24, 2.45) is 0 Å². The van der Waals surface area contributed by atoms with Gasteiger partial charge in [-0.3, -0.25) is 4.79 Å². The van der Waals surface area contributed by atoms with E-state index in [0.717, 1.165) is 29.7 Å². The highest BCUT2D eigenvalue weighted by molar-refractivity contribution is 5.96. The lowest BCUT2D eigenvalue weighted by Gasteiger charge is -2.19. The third kappa shape index (κ3) is 4.99. The van der Waals surface area contributed by atoms with E-state index in [1.54, 1.807) is 30.5 Å². The fourth-order valence-corrected chi connectivity index (χ4v) is 3.36. The Hall–Kier alpha value is -3.21. The van der Waals surface area contributed by atoms with Crippen LogP contribution in [0.25, 0.3) is 11.1 Å². The molecule has 0 saturated heterocycles. The summed E-state index contributed by atoms with van der Waals surface area (Å²) in [7, 11) is 1.89. The molecule has 4 nitrogen and oxygen atoms in total. The van der Waals surface area contributed by atoms with Gasteiger partial charge in [0.05, 0.1) is 5.69 Å². The minimum absolute atomic E-state index is 0.0440. The first-order valence-corrected chi connectivity index (χ1v) is 9.83. The molecule has 0 aliphatic carbocycles. The van der Waals surface area contributed by atoms with Gasteiger partial charge in [-0.25, -0.2) is 9.37 Å². The van der Waals surface area contributed by atoms with Crippen LogP contribution in [0.15, 0.2) is 60.8 Å². The van der Waals surface area contributed by atoms with Gasteiger partial charge in [-0.15, -0.1) is 0 Å². The summed E-state index contributed by atoms with van der Waals surface area (Å²) < 4.78 is 14.5. The third-order valence-electron chi connectivity index (χ3n) is 5.01. The zero-order valence-electron chi connectivity index (χ0n) is 16.9. The molecule has 0 unspecified atom stereocenters. The van der Waals surface area contributed by atoms with Gasteiger partial charge in [0.25, 0.3) is 0 Å². The van der Waals surface area contributed by atoms with Gasteiger partial charge in [0.2, 0.25) is 0 Å². The molecule has 0 bridgehead atoms. The van der Waals surface area contributed by atoms with Crippen molar-refractivity contribution >= 4 is 17.3 Å². The van der Waals surface area contributed by atoms with Crippen LogP contribution in [0.3, 0.4) is 0 Å². The van der Waals surface area contributed by atoms with Crippen molar-refractivity contribution in [3.63, 3.8) is 0 Å². The van der Waals surface area contributed by atoms with Gasteiger partial charge >= 0.3 is 0 Å². The number of carbonyl (C=O) groups is 1. The molecule has 1 heterocycles. The Kier molecular flexibility index (Phi) is 6.60. The summed E-state index contributed by atoms with van der Waals surface area (Å²) in [5.41, 5.74) is 9.60. The van der Waals surface area contributed by atoms with Crippen LogP contribution < -0.4 is 10.6 Å². The van der Waals surface area contributed by atoms with E-state index in [1.807, 2.05) is 42.3 Å². The second-order valence-electron chi connectivity index (χ2n) is 7.14. The van der Waals surface area contributed by atoms with Crippen LogP contribution >= 0.6 is 0 Å². The maximum absolute atomic E-state index is 14.5. The number of anilines is 2.